The van der Waals surface area contributed by atoms with Crippen molar-refractivity contribution in [2.24, 2.45) is 0 Å². The number of halogens is 1. The molecule has 0 amide bonds. The number of H-pyrrole nitrogens is 1. The maximum atomic E-state index is 13.3. The molecule has 1 N–H and O–H groups in total. The van der Waals surface area contributed by atoms with Crippen molar-refractivity contribution in [3.63, 3.8) is 0 Å². The van der Waals surface area contributed by atoms with Crippen LogP contribution in [0.2, 0.25) is 0 Å². The van der Waals surface area contributed by atoms with Crippen LogP contribution < -0.4 is 0 Å². The largest absolute Gasteiger partial charge is 0.346 e. The lowest BCUT2D eigenvalue weighted by atomic mass is 10.1. The number of benzene rings is 1. The van der Waals surface area contributed by atoms with Gasteiger partial charge in [0, 0.05) is 23.5 Å². The lowest BCUT2D eigenvalue weighted by molar-refractivity contribution is -0.215. The van der Waals surface area contributed by atoms with Gasteiger partial charge in [0.15, 0.2) is 5.82 Å². The second-order valence-electron chi connectivity index (χ2n) is 6.03. The number of ether oxygens (including phenoxy) is 2. The van der Waals surface area contributed by atoms with Gasteiger partial charge in [-0.1, -0.05) is 0 Å². The van der Waals surface area contributed by atoms with Crippen molar-refractivity contribution in [1.29, 1.82) is 0 Å². The molecule has 0 radical (unpaired) electrons. The van der Waals surface area contributed by atoms with E-state index in [1.807, 2.05) is 19.1 Å². The number of imidazole rings is 1. The van der Waals surface area contributed by atoms with E-state index in [0.29, 0.717) is 12.4 Å². The highest BCUT2D eigenvalue weighted by Gasteiger charge is 2.26. The molecule has 2 atom stereocenters. The Morgan fingerprint density at radius 2 is 1.84 bits per heavy atom. The number of pyridine rings is 1. The predicted octanol–water partition coefficient (Wildman–Crippen LogP) is 4.10. The standard InChI is InChI=1S/C19H18FN3O2/c1-12-8-11-24-19(25-12)18-22-16(13-2-4-15(20)5-3-13)17(23-18)14-6-9-21-10-7-14/h2-7,9-10,12,19H,8,11H2,1H3,(H,22,23). The number of hydrogen-bond acceptors (Lipinski definition) is 4. The van der Waals surface area contributed by atoms with E-state index in [2.05, 4.69) is 9.97 Å². The Bertz CT molecular complexity index is 849. The van der Waals surface area contributed by atoms with E-state index in [9.17, 15) is 4.39 Å². The molecule has 128 valence electrons. The maximum absolute atomic E-state index is 13.3. The maximum Gasteiger partial charge on any atom is 0.217 e. The van der Waals surface area contributed by atoms with E-state index < -0.39 is 6.29 Å². The average Bonchev–Trinajstić information content (AvgIpc) is 3.08. The van der Waals surface area contributed by atoms with Crippen LogP contribution in [-0.2, 0) is 9.47 Å². The molecule has 0 bridgehead atoms. The van der Waals surface area contributed by atoms with Crippen LogP contribution in [0.1, 0.15) is 25.5 Å². The summed E-state index contributed by atoms with van der Waals surface area (Å²) in [6.07, 6.45) is 3.89. The van der Waals surface area contributed by atoms with Crippen LogP contribution >= 0.6 is 0 Å². The molecule has 0 spiro atoms. The number of rotatable bonds is 3. The molecule has 2 unspecified atom stereocenters. The number of nitrogens with zero attached hydrogens (tertiary/aromatic N) is 2. The Morgan fingerprint density at radius 1 is 1.08 bits per heavy atom. The van der Waals surface area contributed by atoms with Gasteiger partial charge < -0.3 is 14.5 Å². The summed E-state index contributed by atoms with van der Waals surface area (Å²) in [4.78, 5) is 12.1. The van der Waals surface area contributed by atoms with Crippen LogP contribution in [0.5, 0.6) is 0 Å². The van der Waals surface area contributed by atoms with Crippen LogP contribution in [0.25, 0.3) is 22.5 Å². The molecule has 1 fully saturated rings. The molecular formula is C19H18FN3O2. The molecule has 5 nitrogen and oxygen atoms in total. The van der Waals surface area contributed by atoms with Gasteiger partial charge in [0.2, 0.25) is 6.29 Å². The molecule has 1 saturated heterocycles. The zero-order chi connectivity index (χ0) is 17.2. The molecule has 1 aliphatic rings. The van der Waals surface area contributed by atoms with Crippen molar-refractivity contribution in [2.45, 2.75) is 25.7 Å². The van der Waals surface area contributed by atoms with Crippen molar-refractivity contribution >= 4 is 0 Å². The first-order chi connectivity index (χ1) is 12.2. The zero-order valence-electron chi connectivity index (χ0n) is 13.8. The number of aromatic nitrogens is 3. The van der Waals surface area contributed by atoms with Crippen molar-refractivity contribution in [1.82, 2.24) is 15.0 Å². The van der Waals surface area contributed by atoms with Gasteiger partial charge in [0.1, 0.15) is 5.82 Å². The van der Waals surface area contributed by atoms with Crippen molar-refractivity contribution in [2.75, 3.05) is 6.61 Å². The Kier molecular flexibility index (Phi) is 4.29. The summed E-state index contributed by atoms with van der Waals surface area (Å²) in [7, 11) is 0. The fourth-order valence-corrected chi connectivity index (χ4v) is 2.85. The molecular weight excluding hydrogens is 321 g/mol. The van der Waals surface area contributed by atoms with Gasteiger partial charge in [-0.15, -0.1) is 0 Å². The van der Waals surface area contributed by atoms with Crippen LogP contribution in [-0.4, -0.2) is 27.7 Å². The summed E-state index contributed by atoms with van der Waals surface area (Å²) in [6.45, 7) is 2.64. The third-order valence-corrected chi connectivity index (χ3v) is 4.18. The summed E-state index contributed by atoms with van der Waals surface area (Å²) >= 11 is 0. The molecule has 3 heterocycles. The number of aromatic amines is 1. The molecule has 0 saturated carbocycles. The minimum absolute atomic E-state index is 0.113. The Labute approximate surface area is 144 Å². The van der Waals surface area contributed by atoms with E-state index in [1.165, 1.54) is 12.1 Å². The normalized spacial score (nSPS) is 20.6. The van der Waals surface area contributed by atoms with Gasteiger partial charge in [-0.05, 0) is 49.7 Å². The summed E-state index contributed by atoms with van der Waals surface area (Å²) in [5, 5.41) is 0. The van der Waals surface area contributed by atoms with Gasteiger partial charge in [-0.25, -0.2) is 9.37 Å². The van der Waals surface area contributed by atoms with Gasteiger partial charge in [-0.3, -0.25) is 4.98 Å². The highest BCUT2D eigenvalue weighted by molar-refractivity contribution is 5.78. The van der Waals surface area contributed by atoms with Crippen LogP contribution in [0.4, 0.5) is 4.39 Å². The third-order valence-electron chi connectivity index (χ3n) is 4.18. The quantitative estimate of drug-likeness (QED) is 0.780. The second kappa shape index (κ2) is 6.74. The van der Waals surface area contributed by atoms with E-state index in [4.69, 9.17) is 14.5 Å². The summed E-state index contributed by atoms with van der Waals surface area (Å²) in [5.74, 6) is 0.329. The Hall–Kier alpha value is -2.57. The fraction of sp³-hybridized carbons (Fsp3) is 0.263. The minimum Gasteiger partial charge on any atom is -0.346 e. The molecule has 25 heavy (non-hydrogen) atoms. The minimum atomic E-state index is -0.529. The van der Waals surface area contributed by atoms with Gasteiger partial charge in [-0.2, -0.15) is 0 Å². The molecule has 0 aliphatic carbocycles. The lowest BCUT2D eigenvalue weighted by Gasteiger charge is -2.26. The van der Waals surface area contributed by atoms with Crippen LogP contribution in [0.3, 0.4) is 0 Å². The van der Waals surface area contributed by atoms with Crippen LogP contribution in [0.15, 0.2) is 48.8 Å². The molecule has 1 aliphatic heterocycles. The van der Waals surface area contributed by atoms with E-state index >= 15 is 0 Å². The van der Waals surface area contributed by atoms with Gasteiger partial charge >= 0.3 is 0 Å². The van der Waals surface area contributed by atoms with Crippen LogP contribution in [0, 0.1) is 5.82 Å². The van der Waals surface area contributed by atoms with Crippen molar-refractivity contribution < 1.29 is 13.9 Å². The first-order valence-electron chi connectivity index (χ1n) is 8.24. The van der Waals surface area contributed by atoms with Gasteiger partial charge in [0.25, 0.3) is 0 Å². The molecule has 3 aromatic rings. The topological polar surface area (TPSA) is 60.0 Å². The van der Waals surface area contributed by atoms with E-state index in [-0.39, 0.29) is 11.9 Å². The molecule has 6 heteroatoms. The SMILES string of the molecule is CC1CCOC(c2nc(-c3ccc(F)cc3)c(-c3ccncc3)[nH]2)O1. The Morgan fingerprint density at radius 3 is 2.56 bits per heavy atom. The first kappa shape index (κ1) is 15.9. The zero-order valence-corrected chi connectivity index (χ0v) is 13.8. The summed E-state index contributed by atoms with van der Waals surface area (Å²) in [6, 6.07) is 10.1. The summed E-state index contributed by atoms with van der Waals surface area (Å²) in [5.41, 5.74) is 3.32. The first-order valence-corrected chi connectivity index (χ1v) is 8.24. The van der Waals surface area contributed by atoms with Crippen molar-refractivity contribution in [3.05, 3.63) is 60.4 Å². The molecule has 2 aromatic heterocycles. The number of hydrogen-bond donors (Lipinski definition) is 1. The highest BCUT2D eigenvalue weighted by Crippen LogP contribution is 2.33. The fourth-order valence-electron chi connectivity index (χ4n) is 2.85. The third kappa shape index (κ3) is 3.31. The summed E-state index contributed by atoms with van der Waals surface area (Å²) < 4.78 is 24.8. The van der Waals surface area contributed by atoms with E-state index in [1.54, 1.807) is 24.5 Å². The second-order valence-corrected chi connectivity index (χ2v) is 6.03. The average molecular weight is 339 g/mol. The van der Waals surface area contributed by atoms with Gasteiger partial charge in [0.05, 0.1) is 24.1 Å². The molecule has 1 aromatic carbocycles. The van der Waals surface area contributed by atoms with Crippen molar-refractivity contribution in [3.8, 4) is 22.5 Å². The predicted molar refractivity (Wildman–Crippen MR) is 91.1 cm³/mol. The monoisotopic (exact) mass is 339 g/mol. The lowest BCUT2D eigenvalue weighted by Crippen LogP contribution is -2.25. The highest BCUT2D eigenvalue weighted by atomic mass is 19.1. The Balaban J connectivity index is 1.79. The smallest absolute Gasteiger partial charge is 0.217 e. The molecule has 4 rings (SSSR count). The number of nitrogens with one attached hydrogen (secondary N) is 1. The van der Waals surface area contributed by atoms with E-state index in [0.717, 1.165) is 28.9 Å².